The molecule has 3 aliphatic heterocycles. The molecule has 26 heavy (non-hydrogen) atoms. The highest BCUT2D eigenvalue weighted by Gasteiger charge is 2.60. The monoisotopic (exact) mass is 368 g/mol. The Balaban J connectivity index is 2.00. The molecule has 0 aliphatic carbocycles. The highest BCUT2D eigenvalue weighted by molar-refractivity contribution is 5.91. The highest BCUT2D eigenvalue weighted by atomic mass is 16.7. The molecule has 0 aromatic carbocycles. The van der Waals surface area contributed by atoms with Crippen molar-refractivity contribution in [1.29, 1.82) is 0 Å². The number of aliphatic hydroxyl groups excluding tert-OH is 1. The summed E-state index contributed by atoms with van der Waals surface area (Å²) in [6, 6.07) is 0. The van der Waals surface area contributed by atoms with E-state index in [2.05, 4.69) is 6.58 Å². The Labute approximate surface area is 153 Å². The zero-order valence-corrected chi connectivity index (χ0v) is 15.7. The molecular weight excluding hydrogens is 340 g/mol. The largest absolute Gasteiger partial charge is 0.461 e. The van der Waals surface area contributed by atoms with Crippen LogP contribution in [0.15, 0.2) is 12.2 Å². The summed E-state index contributed by atoms with van der Waals surface area (Å²) in [7, 11) is 0. The highest BCUT2D eigenvalue weighted by Crippen LogP contribution is 2.49. The molecule has 3 aliphatic rings. The maximum atomic E-state index is 12.3. The van der Waals surface area contributed by atoms with Crippen LogP contribution in [0.3, 0.4) is 0 Å². The van der Waals surface area contributed by atoms with Gasteiger partial charge in [-0.3, -0.25) is 4.79 Å². The summed E-state index contributed by atoms with van der Waals surface area (Å²) < 4.78 is 17.1. The first-order valence-electron chi connectivity index (χ1n) is 9.18. The van der Waals surface area contributed by atoms with Gasteiger partial charge in [-0.15, -0.1) is 0 Å². The van der Waals surface area contributed by atoms with E-state index < -0.39 is 47.5 Å². The van der Waals surface area contributed by atoms with Crippen LogP contribution in [0.4, 0.5) is 0 Å². The molecule has 3 fully saturated rings. The number of aliphatic hydroxyl groups is 2. The standard InChI is InChI=1S/C19H28O7/c1-9(2)16(21)25-13-7-18(5)8-14(20)19(23,26-18)10(3)6-12-15(13)11(4)17(22)24-12/h9-10,12-15,20,23H,4,6-8H2,1-3,5H3/t10-,12+,13+,14+,15-,18+,19-/m0/s1. The van der Waals surface area contributed by atoms with Gasteiger partial charge in [-0.05, 0) is 13.3 Å². The van der Waals surface area contributed by atoms with Crippen molar-refractivity contribution >= 4 is 11.9 Å². The molecule has 2 bridgehead atoms. The predicted octanol–water partition coefficient (Wildman–Crippen LogP) is 1.31. The van der Waals surface area contributed by atoms with Crippen molar-refractivity contribution in [3.63, 3.8) is 0 Å². The van der Waals surface area contributed by atoms with Crippen LogP contribution in [-0.4, -0.2) is 51.9 Å². The second-order valence-electron chi connectivity index (χ2n) is 8.49. The minimum atomic E-state index is -1.73. The van der Waals surface area contributed by atoms with Crippen LogP contribution in [0.5, 0.6) is 0 Å². The summed E-state index contributed by atoms with van der Waals surface area (Å²) >= 11 is 0. The van der Waals surface area contributed by atoms with Gasteiger partial charge in [0.25, 0.3) is 0 Å². The third-order valence-corrected chi connectivity index (χ3v) is 5.90. The van der Waals surface area contributed by atoms with Crippen LogP contribution < -0.4 is 0 Å². The number of fused-ring (bicyclic) bond motifs is 3. The number of esters is 2. The van der Waals surface area contributed by atoms with Gasteiger partial charge in [0.15, 0.2) is 5.79 Å². The van der Waals surface area contributed by atoms with Crippen LogP contribution in [0.25, 0.3) is 0 Å². The van der Waals surface area contributed by atoms with E-state index in [0.717, 1.165) is 0 Å². The summed E-state index contributed by atoms with van der Waals surface area (Å²) in [4.78, 5) is 24.4. The first-order valence-corrected chi connectivity index (χ1v) is 9.18. The molecule has 7 nitrogen and oxygen atoms in total. The maximum Gasteiger partial charge on any atom is 0.334 e. The lowest BCUT2D eigenvalue weighted by molar-refractivity contribution is -0.275. The summed E-state index contributed by atoms with van der Waals surface area (Å²) in [5.74, 6) is -3.92. The Morgan fingerprint density at radius 3 is 2.65 bits per heavy atom. The lowest BCUT2D eigenvalue weighted by Gasteiger charge is -2.34. The van der Waals surface area contributed by atoms with E-state index in [1.165, 1.54) is 0 Å². The molecule has 0 unspecified atom stereocenters. The quantitative estimate of drug-likeness (QED) is 0.560. The van der Waals surface area contributed by atoms with Crippen molar-refractivity contribution in [1.82, 2.24) is 0 Å². The Hall–Kier alpha value is -1.44. The summed E-state index contributed by atoms with van der Waals surface area (Å²) in [6.45, 7) is 10.8. The van der Waals surface area contributed by atoms with Crippen molar-refractivity contribution in [3.05, 3.63) is 12.2 Å². The number of rotatable bonds is 2. The number of carbonyl (C=O) groups excluding carboxylic acids is 2. The fourth-order valence-electron chi connectivity index (χ4n) is 4.39. The van der Waals surface area contributed by atoms with Gasteiger partial charge in [0.1, 0.15) is 18.3 Å². The normalized spacial score (nSPS) is 45.6. The molecule has 7 heteroatoms. The average molecular weight is 368 g/mol. The second kappa shape index (κ2) is 6.32. The fraction of sp³-hybridized carbons (Fsp3) is 0.789. The smallest absolute Gasteiger partial charge is 0.334 e. The van der Waals surface area contributed by atoms with Crippen molar-refractivity contribution in [2.75, 3.05) is 0 Å². The Morgan fingerprint density at radius 2 is 2.04 bits per heavy atom. The zero-order chi connectivity index (χ0) is 19.4. The third kappa shape index (κ3) is 3.06. The lowest BCUT2D eigenvalue weighted by atomic mass is 9.78. The van der Waals surface area contributed by atoms with Gasteiger partial charge in [-0.25, -0.2) is 4.79 Å². The van der Waals surface area contributed by atoms with Gasteiger partial charge < -0.3 is 24.4 Å². The molecule has 3 rings (SSSR count). The molecule has 0 aromatic rings. The Morgan fingerprint density at radius 1 is 1.38 bits per heavy atom. The van der Waals surface area contributed by atoms with Crippen LogP contribution in [0.2, 0.25) is 0 Å². The minimum absolute atomic E-state index is 0.211. The molecule has 3 heterocycles. The van der Waals surface area contributed by atoms with Crippen molar-refractivity contribution in [3.8, 4) is 0 Å². The van der Waals surface area contributed by atoms with E-state index in [4.69, 9.17) is 14.2 Å². The number of carbonyl (C=O) groups is 2. The van der Waals surface area contributed by atoms with Crippen LogP contribution in [0.1, 0.15) is 47.0 Å². The molecule has 2 N–H and O–H groups in total. The van der Waals surface area contributed by atoms with Gasteiger partial charge in [0.2, 0.25) is 0 Å². The molecule has 146 valence electrons. The average Bonchev–Trinajstić information content (AvgIpc) is 2.92. The van der Waals surface area contributed by atoms with E-state index >= 15 is 0 Å². The fourth-order valence-corrected chi connectivity index (χ4v) is 4.39. The Kier molecular flexibility index (Phi) is 4.70. The predicted molar refractivity (Wildman–Crippen MR) is 90.7 cm³/mol. The molecule has 0 radical (unpaired) electrons. The topological polar surface area (TPSA) is 102 Å². The zero-order valence-electron chi connectivity index (χ0n) is 15.7. The van der Waals surface area contributed by atoms with Crippen LogP contribution in [-0.2, 0) is 23.8 Å². The van der Waals surface area contributed by atoms with Gasteiger partial charge >= 0.3 is 11.9 Å². The summed E-state index contributed by atoms with van der Waals surface area (Å²) in [5, 5.41) is 21.3. The van der Waals surface area contributed by atoms with Crippen LogP contribution >= 0.6 is 0 Å². The van der Waals surface area contributed by atoms with E-state index in [0.29, 0.717) is 0 Å². The molecule has 0 saturated carbocycles. The van der Waals surface area contributed by atoms with E-state index in [1.54, 1.807) is 27.7 Å². The van der Waals surface area contributed by atoms with Crippen LogP contribution in [0, 0.1) is 17.8 Å². The van der Waals surface area contributed by atoms with E-state index in [-0.39, 0.29) is 36.7 Å². The van der Waals surface area contributed by atoms with E-state index in [1.807, 2.05) is 0 Å². The number of hydrogen-bond donors (Lipinski definition) is 2. The molecular formula is C19H28O7. The maximum absolute atomic E-state index is 12.3. The molecule has 0 aromatic heterocycles. The third-order valence-electron chi connectivity index (χ3n) is 5.90. The summed E-state index contributed by atoms with van der Waals surface area (Å²) in [6.07, 6.45) is -1.62. The molecule has 0 spiro atoms. The Bertz CT molecular complexity index is 629. The van der Waals surface area contributed by atoms with Gasteiger partial charge in [-0.2, -0.15) is 0 Å². The van der Waals surface area contributed by atoms with Crippen molar-refractivity contribution < 1.29 is 34.0 Å². The second-order valence-corrected chi connectivity index (χ2v) is 8.49. The van der Waals surface area contributed by atoms with Crippen molar-refractivity contribution in [2.24, 2.45) is 17.8 Å². The number of hydrogen-bond acceptors (Lipinski definition) is 7. The first kappa shape index (κ1) is 19.3. The lowest BCUT2D eigenvalue weighted by Crippen LogP contribution is -2.47. The molecule has 0 amide bonds. The van der Waals surface area contributed by atoms with Gasteiger partial charge in [-0.1, -0.05) is 27.4 Å². The summed E-state index contributed by atoms with van der Waals surface area (Å²) in [5.41, 5.74) is -0.622. The SMILES string of the molecule is C=C1C(=O)O[C@@H]2C[C@H](C)[C@]3(O)O[C@@](C)(C[C@H]3O)C[C@@H](OC(=O)C(C)C)[C@@H]12. The molecule has 7 atom stereocenters. The minimum Gasteiger partial charge on any atom is -0.461 e. The molecule has 3 saturated heterocycles. The van der Waals surface area contributed by atoms with Gasteiger partial charge in [0, 0.05) is 24.3 Å². The van der Waals surface area contributed by atoms with Crippen molar-refractivity contribution in [2.45, 2.75) is 76.7 Å². The first-order chi connectivity index (χ1) is 12.0. The van der Waals surface area contributed by atoms with Gasteiger partial charge in [0.05, 0.1) is 17.4 Å². The van der Waals surface area contributed by atoms with E-state index in [9.17, 15) is 19.8 Å². The number of ether oxygens (including phenoxy) is 3.